The van der Waals surface area contributed by atoms with Crippen molar-refractivity contribution in [1.29, 1.82) is 5.26 Å². The van der Waals surface area contributed by atoms with Crippen molar-refractivity contribution < 1.29 is 27.2 Å². The molecule has 2 amide bonds. The van der Waals surface area contributed by atoms with Crippen LogP contribution in [0, 0.1) is 17.1 Å². The van der Waals surface area contributed by atoms with Crippen LogP contribution in [0.4, 0.5) is 28.9 Å². The molecular weight excluding hydrogens is 426 g/mol. The third kappa shape index (κ3) is 3.67. The fourth-order valence-corrected chi connectivity index (χ4v) is 3.21. The van der Waals surface area contributed by atoms with Crippen molar-refractivity contribution in [3.8, 4) is 6.07 Å². The van der Waals surface area contributed by atoms with E-state index in [1.807, 2.05) is 0 Å². The van der Waals surface area contributed by atoms with Gasteiger partial charge in [-0.15, -0.1) is 0 Å². The van der Waals surface area contributed by atoms with E-state index < -0.39 is 35.1 Å². The van der Waals surface area contributed by atoms with E-state index in [0.717, 1.165) is 17.2 Å². The van der Waals surface area contributed by atoms with Gasteiger partial charge < -0.3 is 10.2 Å². The molecule has 2 aromatic rings. The number of thiocarbonyl (C=S) groups is 1. The molecule has 1 fully saturated rings. The van der Waals surface area contributed by atoms with Gasteiger partial charge in [0.25, 0.3) is 11.8 Å². The topological polar surface area (TPSA) is 89.3 Å². The first-order valence-corrected chi connectivity index (χ1v) is 8.62. The molecule has 0 radical (unpaired) electrons. The summed E-state index contributed by atoms with van der Waals surface area (Å²) >= 11 is 5.21. The number of rotatable bonds is 3. The van der Waals surface area contributed by atoms with Gasteiger partial charge in [0.1, 0.15) is 18.4 Å². The van der Waals surface area contributed by atoms with Gasteiger partial charge in [-0.1, -0.05) is 0 Å². The van der Waals surface area contributed by atoms with Crippen LogP contribution in [0.5, 0.6) is 0 Å². The number of aromatic nitrogens is 1. The first kappa shape index (κ1) is 21.1. The minimum Gasteiger partial charge on any atom is -0.355 e. The summed E-state index contributed by atoms with van der Waals surface area (Å²) in [5.41, 5.74) is -2.51. The lowest BCUT2D eigenvalue weighted by Crippen LogP contribution is -2.33. The van der Waals surface area contributed by atoms with Gasteiger partial charge in [-0.2, -0.15) is 18.4 Å². The normalized spacial score (nSPS) is 14.1. The lowest BCUT2D eigenvalue weighted by Gasteiger charge is -2.21. The van der Waals surface area contributed by atoms with E-state index in [1.54, 1.807) is 0 Å². The molecule has 1 N–H and O–H groups in total. The summed E-state index contributed by atoms with van der Waals surface area (Å²) in [6.45, 7) is -0.362. The van der Waals surface area contributed by atoms with Gasteiger partial charge in [0, 0.05) is 12.7 Å². The van der Waals surface area contributed by atoms with Crippen LogP contribution in [0.15, 0.2) is 30.5 Å². The van der Waals surface area contributed by atoms with Gasteiger partial charge in [0.2, 0.25) is 0 Å². The van der Waals surface area contributed by atoms with Crippen LogP contribution in [0.25, 0.3) is 0 Å². The zero-order valence-corrected chi connectivity index (χ0v) is 15.9. The number of pyridine rings is 1. The highest BCUT2D eigenvalue weighted by Gasteiger charge is 2.39. The lowest BCUT2D eigenvalue weighted by molar-refractivity contribution is -0.138. The molecule has 1 aromatic carbocycles. The minimum atomic E-state index is -4.86. The van der Waals surface area contributed by atoms with Crippen molar-refractivity contribution in [3.05, 3.63) is 53.1 Å². The second kappa shape index (κ2) is 7.68. The van der Waals surface area contributed by atoms with E-state index in [-0.39, 0.29) is 28.6 Å². The highest BCUT2D eigenvalue weighted by atomic mass is 32.1. The fourth-order valence-electron chi connectivity index (χ4n) is 2.83. The maximum absolute atomic E-state index is 14.3. The molecule has 0 bridgehead atoms. The largest absolute Gasteiger partial charge is 0.419 e. The number of amides is 2. The summed E-state index contributed by atoms with van der Waals surface area (Å²) in [6, 6.07) is 5.50. The SMILES string of the molecule is CNC(=O)c1ccc(N2CC(=O)N(c3cnc(C#N)c(C(F)(F)F)c3)C2=S)cc1F. The number of hydrogen-bond acceptors (Lipinski definition) is 5. The molecule has 1 aliphatic heterocycles. The van der Waals surface area contributed by atoms with E-state index in [2.05, 4.69) is 10.3 Å². The molecule has 2 heterocycles. The van der Waals surface area contributed by atoms with Crippen LogP contribution < -0.4 is 15.1 Å². The molecule has 1 aliphatic rings. The van der Waals surface area contributed by atoms with Gasteiger partial charge in [-0.25, -0.2) is 9.37 Å². The predicted molar refractivity (Wildman–Crippen MR) is 101 cm³/mol. The van der Waals surface area contributed by atoms with Crippen molar-refractivity contribution in [1.82, 2.24) is 10.3 Å². The van der Waals surface area contributed by atoms with E-state index in [4.69, 9.17) is 17.5 Å². The number of nitriles is 1. The Morgan fingerprint density at radius 1 is 1.30 bits per heavy atom. The first-order chi connectivity index (χ1) is 14.1. The molecule has 154 valence electrons. The van der Waals surface area contributed by atoms with E-state index >= 15 is 0 Å². The molecular formula is C18H11F4N5O2S. The van der Waals surface area contributed by atoms with E-state index in [1.165, 1.54) is 30.1 Å². The molecule has 0 unspecified atom stereocenters. The number of carbonyl (C=O) groups is 2. The number of halogens is 4. The Kier molecular flexibility index (Phi) is 5.41. The Morgan fingerprint density at radius 3 is 2.57 bits per heavy atom. The Balaban J connectivity index is 1.97. The van der Waals surface area contributed by atoms with Crippen molar-refractivity contribution in [2.24, 2.45) is 0 Å². The van der Waals surface area contributed by atoms with Gasteiger partial charge in [-0.05, 0) is 36.5 Å². The fraction of sp³-hybridized carbons (Fsp3) is 0.167. The van der Waals surface area contributed by atoms with Gasteiger partial charge in [0.15, 0.2) is 10.8 Å². The molecule has 1 saturated heterocycles. The second-order valence-electron chi connectivity index (χ2n) is 6.04. The van der Waals surface area contributed by atoms with Gasteiger partial charge in [-0.3, -0.25) is 14.5 Å². The summed E-state index contributed by atoms with van der Waals surface area (Å²) in [7, 11) is 1.34. The van der Waals surface area contributed by atoms with Crippen LogP contribution in [0.2, 0.25) is 0 Å². The van der Waals surface area contributed by atoms with E-state index in [0.29, 0.717) is 6.07 Å². The van der Waals surface area contributed by atoms with Crippen molar-refractivity contribution in [2.45, 2.75) is 6.18 Å². The molecule has 12 heteroatoms. The molecule has 0 spiro atoms. The maximum atomic E-state index is 14.3. The van der Waals surface area contributed by atoms with Crippen LogP contribution in [-0.4, -0.2) is 35.5 Å². The molecule has 3 rings (SSSR count). The smallest absolute Gasteiger partial charge is 0.355 e. The first-order valence-electron chi connectivity index (χ1n) is 8.22. The molecule has 0 atom stereocenters. The molecule has 1 aromatic heterocycles. The predicted octanol–water partition coefficient (Wildman–Crippen LogP) is 2.61. The third-order valence-corrected chi connectivity index (χ3v) is 4.65. The maximum Gasteiger partial charge on any atom is 0.419 e. The monoisotopic (exact) mass is 437 g/mol. The Bertz CT molecular complexity index is 1110. The molecule has 30 heavy (non-hydrogen) atoms. The molecule has 7 nitrogen and oxygen atoms in total. The highest BCUT2D eigenvalue weighted by Crippen LogP contribution is 2.35. The number of alkyl halides is 3. The van der Waals surface area contributed by atoms with Crippen LogP contribution in [0.3, 0.4) is 0 Å². The van der Waals surface area contributed by atoms with Crippen LogP contribution >= 0.6 is 12.2 Å². The quantitative estimate of drug-likeness (QED) is 0.587. The number of benzene rings is 1. The van der Waals surface area contributed by atoms with Crippen LogP contribution in [-0.2, 0) is 11.0 Å². The van der Waals surface area contributed by atoms with Crippen molar-refractivity contribution in [3.63, 3.8) is 0 Å². The number of carbonyl (C=O) groups excluding carboxylic acids is 2. The minimum absolute atomic E-state index is 0.138. The summed E-state index contributed by atoms with van der Waals surface area (Å²) in [6.07, 6.45) is -3.94. The second-order valence-corrected chi connectivity index (χ2v) is 6.41. The Labute approximate surface area is 172 Å². The lowest BCUT2D eigenvalue weighted by atomic mass is 10.1. The number of hydrogen-bond donors (Lipinski definition) is 1. The van der Waals surface area contributed by atoms with Gasteiger partial charge in [0.05, 0.1) is 23.0 Å². The average Bonchev–Trinajstić information content (AvgIpc) is 3.00. The highest BCUT2D eigenvalue weighted by molar-refractivity contribution is 7.81. The molecule has 0 saturated carbocycles. The van der Waals surface area contributed by atoms with Crippen LogP contribution in [0.1, 0.15) is 21.6 Å². The van der Waals surface area contributed by atoms with Crippen molar-refractivity contribution >= 4 is 40.5 Å². The Morgan fingerprint density at radius 2 is 2.00 bits per heavy atom. The number of nitrogens with zero attached hydrogens (tertiary/aromatic N) is 4. The average molecular weight is 437 g/mol. The summed E-state index contributed by atoms with van der Waals surface area (Å²) < 4.78 is 53.9. The summed E-state index contributed by atoms with van der Waals surface area (Å²) in [5.74, 6) is -2.18. The number of anilines is 2. The summed E-state index contributed by atoms with van der Waals surface area (Å²) in [4.78, 5) is 29.6. The standard InChI is InChI=1S/C18H11F4N5O2S/c1-24-16(29)11-3-2-9(5-13(11)19)26-8-15(28)27(17(26)30)10-4-12(18(20,21)22)14(6-23)25-7-10/h2-5,7H,8H2,1H3,(H,24,29). The zero-order chi connectivity index (χ0) is 22.2. The van der Waals surface area contributed by atoms with Crippen molar-refractivity contribution in [2.75, 3.05) is 23.4 Å². The Hall–Kier alpha value is -3.59. The third-order valence-electron chi connectivity index (χ3n) is 4.24. The molecule has 0 aliphatic carbocycles. The zero-order valence-electron chi connectivity index (χ0n) is 15.1. The van der Waals surface area contributed by atoms with E-state index in [9.17, 15) is 27.2 Å². The number of nitrogens with one attached hydrogen (secondary N) is 1. The summed E-state index contributed by atoms with van der Waals surface area (Å²) in [5, 5.41) is 10.9. The van der Waals surface area contributed by atoms with Gasteiger partial charge >= 0.3 is 6.18 Å².